The van der Waals surface area contributed by atoms with Gasteiger partial charge in [0, 0.05) is 18.2 Å². The number of aromatic amines is 1. The van der Waals surface area contributed by atoms with Crippen LogP contribution in [0.3, 0.4) is 0 Å². The lowest BCUT2D eigenvalue weighted by Crippen LogP contribution is -2.54. The number of nitrogens with two attached hydrogens (primary N) is 1. The maximum Gasteiger partial charge on any atom is 0.323 e. The predicted molar refractivity (Wildman–Crippen MR) is 97.0 cm³/mol. The molecule has 142 valence electrons. The van der Waals surface area contributed by atoms with E-state index in [4.69, 9.17) is 10.5 Å². The minimum atomic E-state index is -1.58. The number of hydrogen-bond donors (Lipinski definition) is 4. The van der Waals surface area contributed by atoms with E-state index in [-0.39, 0.29) is 18.3 Å². The fourth-order valence-corrected chi connectivity index (χ4v) is 3.19. The largest absolute Gasteiger partial charge is 0.497 e. The van der Waals surface area contributed by atoms with Crippen molar-refractivity contribution in [3.63, 3.8) is 0 Å². The molecule has 1 aromatic carbocycles. The fourth-order valence-electron chi connectivity index (χ4n) is 3.19. The van der Waals surface area contributed by atoms with Gasteiger partial charge in [-0.3, -0.25) is 20.0 Å². The summed E-state index contributed by atoms with van der Waals surface area (Å²) in [6, 6.07) is 6.03. The maximum absolute atomic E-state index is 12.8. The van der Waals surface area contributed by atoms with Crippen molar-refractivity contribution in [3.05, 3.63) is 41.1 Å². The van der Waals surface area contributed by atoms with E-state index in [1.807, 2.05) is 0 Å². The van der Waals surface area contributed by atoms with Gasteiger partial charge in [-0.05, 0) is 23.6 Å². The summed E-state index contributed by atoms with van der Waals surface area (Å²) in [5.41, 5.74) is 5.64. The Morgan fingerprint density at radius 1 is 1.32 bits per heavy atom. The van der Waals surface area contributed by atoms with Crippen LogP contribution in [0.4, 0.5) is 10.6 Å². The molecule has 1 fully saturated rings. The number of aromatic nitrogens is 2. The van der Waals surface area contributed by atoms with Gasteiger partial charge in [0.15, 0.2) is 0 Å². The summed E-state index contributed by atoms with van der Waals surface area (Å²) in [4.78, 5) is 38.5. The second kappa shape index (κ2) is 6.31. The summed E-state index contributed by atoms with van der Waals surface area (Å²) in [6.07, 6.45) is 0. The van der Waals surface area contributed by atoms with Crippen molar-refractivity contribution in [2.45, 2.75) is 12.1 Å². The highest BCUT2D eigenvalue weighted by atomic mass is 16.5. The lowest BCUT2D eigenvalue weighted by molar-refractivity contribution is -0.122. The van der Waals surface area contributed by atoms with Gasteiger partial charge in [0.2, 0.25) is 5.54 Å². The molecule has 28 heavy (non-hydrogen) atoms. The zero-order valence-electron chi connectivity index (χ0n) is 14.8. The number of carbonyl (C=O) groups excluding carboxylic acids is 3. The van der Waals surface area contributed by atoms with Crippen LogP contribution in [-0.2, 0) is 11.3 Å². The summed E-state index contributed by atoms with van der Waals surface area (Å²) in [5.74, 6) is 5.42. The van der Waals surface area contributed by atoms with Crippen LogP contribution in [0.5, 0.6) is 5.75 Å². The number of methoxy groups -OCH3 is 1. The number of anilines is 1. The van der Waals surface area contributed by atoms with Crippen LogP contribution in [0.25, 0.3) is 0 Å². The van der Waals surface area contributed by atoms with E-state index < -0.39 is 17.5 Å². The van der Waals surface area contributed by atoms with Gasteiger partial charge in [-0.15, -0.1) is 0 Å². The number of imide groups is 1. The van der Waals surface area contributed by atoms with E-state index in [9.17, 15) is 14.4 Å². The molecule has 0 radical (unpaired) electrons. The monoisotopic (exact) mass is 380 g/mol. The molecule has 1 saturated heterocycles. The first-order chi connectivity index (χ1) is 13.4. The molecule has 0 aliphatic carbocycles. The zero-order valence-corrected chi connectivity index (χ0v) is 14.8. The number of ether oxygens (including phenoxy) is 1. The lowest BCUT2D eigenvalue weighted by Gasteiger charge is -2.26. The van der Waals surface area contributed by atoms with Crippen molar-refractivity contribution in [3.8, 4) is 17.6 Å². The van der Waals surface area contributed by atoms with Gasteiger partial charge in [-0.25, -0.2) is 4.79 Å². The van der Waals surface area contributed by atoms with Gasteiger partial charge in [0.25, 0.3) is 11.8 Å². The van der Waals surface area contributed by atoms with Crippen molar-refractivity contribution >= 4 is 23.7 Å². The van der Waals surface area contributed by atoms with Gasteiger partial charge in [-0.2, -0.15) is 5.10 Å². The highest BCUT2D eigenvalue weighted by molar-refractivity contribution is 6.10. The minimum absolute atomic E-state index is 0.114. The van der Waals surface area contributed by atoms with E-state index >= 15 is 0 Å². The molecule has 3 heterocycles. The number of rotatable bonds is 3. The van der Waals surface area contributed by atoms with Crippen molar-refractivity contribution in [1.82, 2.24) is 25.7 Å². The zero-order chi connectivity index (χ0) is 19.9. The number of nitrogen functional groups attached to an aromatic ring is 1. The summed E-state index contributed by atoms with van der Waals surface area (Å²) in [5, 5.41) is 11.1. The third-order valence-corrected chi connectivity index (χ3v) is 4.57. The second-order valence-electron chi connectivity index (χ2n) is 6.45. The molecular weight excluding hydrogens is 364 g/mol. The smallest absolute Gasteiger partial charge is 0.323 e. The molecule has 5 N–H and O–H groups in total. The average Bonchev–Trinajstić information content (AvgIpc) is 3.30. The van der Waals surface area contributed by atoms with E-state index in [0.29, 0.717) is 23.6 Å². The normalized spacial score (nSPS) is 20.3. The van der Waals surface area contributed by atoms with Gasteiger partial charge < -0.3 is 20.7 Å². The Labute approximate surface area is 159 Å². The number of urea groups is 1. The first kappa shape index (κ1) is 17.4. The highest BCUT2D eigenvalue weighted by Gasteiger charge is 2.48. The molecule has 0 unspecified atom stereocenters. The van der Waals surface area contributed by atoms with Crippen molar-refractivity contribution in [2.24, 2.45) is 0 Å². The van der Waals surface area contributed by atoms with Crippen molar-refractivity contribution in [1.29, 1.82) is 0 Å². The van der Waals surface area contributed by atoms with Crippen LogP contribution < -0.4 is 21.1 Å². The van der Waals surface area contributed by atoms with Crippen molar-refractivity contribution in [2.75, 3.05) is 19.4 Å². The first-order valence-corrected chi connectivity index (χ1v) is 8.34. The second-order valence-corrected chi connectivity index (χ2v) is 6.45. The van der Waals surface area contributed by atoms with Gasteiger partial charge in [0.05, 0.1) is 13.7 Å². The van der Waals surface area contributed by atoms with Crippen LogP contribution in [0, 0.1) is 11.8 Å². The molecule has 0 bridgehead atoms. The molecule has 0 spiro atoms. The van der Waals surface area contributed by atoms with E-state index in [1.54, 1.807) is 18.2 Å². The van der Waals surface area contributed by atoms with E-state index in [0.717, 1.165) is 5.56 Å². The predicted octanol–water partition coefficient (Wildman–Crippen LogP) is -0.414. The molecule has 10 heteroatoms. The maximum atomic E-state index is 12.8. The Bertz CT molecular complexity index is 1070. The first-order valence-electron chi connectivity index (χ1n) is 8.34. The van der Waals surface area contributed by atoms with Crippen LogP contribution in [-0.4, -0.2) is 52.1 Å². The molecule has 1 aromatic heterocycles. The standard InChI is InChI=1S/C18H16N6O4/c1-28-12-3-2-10-8-24(15(25)13(10)7-12)9-18(16(26)20-17(27)21-18)5-4-11-6-14(19)23-22-11/h2-3,6-7H,8-9H2,1H3,(H3,19,22,23)(H2,20,21,26,27)/t18-/m1/s1. The molecule has 2 aliphatic heterocycles. The molecule has 2 aliphatic rings. The average molecular weight is 380 g/mol. The number of benzene rings is 1. The van der Waals surface area contributed by atoms with Crippen LogP contribution in [0.1, 0.15) is 21.6 Å². The van der Waals surface area contributed by atoms with E-state index in [2.05, 4.69) is 32.7 Å². The topological polar surface area (TPSA) is 142 Å². The number of carbonyl (C=O) groups is 3. The molecule has 10 nitrogen and oxygen atoms in total. The Kier molecular flexibility index (Phi) is 3.93. The Hall–Kier alpha value is -4.00. The summed E-state index contributed by atoms with van der Waals surface area (Å²) in [7, 11) is 1.52. The number of hydrogen-bond acceptors (Lipinski definition) is 6. The Morgan fingerprint density at radius 2 is 2.14 bits per heavy atom. The van der Waals surface area contributed by atoms with Gasteiger partial charge in [-0.1, -0.05) is 12.0 Å². The summed E-state index contributed by atoms with van der Waals surface area (Å²) < 4.78 is 5.16. The SMILES string of the molecule is COc1ccc2c(c1)C(=O)N(C[C@@]1(C#Cc3cc(N)n[nH]3)NC(=O)NC1=O)C2. The molecule has 0 saturated carbocycles. The van der Waals surface area contributed by atoms with Crippen molar-refractivity contribution < 1.29 is 19.1 Å². The number of fused-ring (bicyclic) bond motifs is 1. The Balaban J connectivity index is 1.64. The van der Waals surface area contributed by atoms with Gasteiger partial charge >= 0.3 is 6.03 Å². The fraction of sp³-hybridized carbons (Fsp3) is 0.222. The van der Waals surface area contributed by atoms with Crippen LogP contribution >= 0.6 is 0 Å². The number of H-pyrrole nitrogens is 1. The van der Waals surface area contributed by atoms with Crippen LogP contribution in [0.2, 0.25) is 0 Å². The summed E-state index contributed by atoms with van der Waals surface area (Å²) >= 11 is 0. The number of nitrogens with zero attached hydrogens (tertiary/aromatic N) is 2. The quantitative estimate of drug-likeness (QED) is 0.421. The molecule has 4 rings (SSSR count). The summed E-state index contributed by atoms with van der Waals surface area (Å²) in [6.45, 7) is 0.179. The van der Waals surface area contributed by atoms with Gasteiger partial charge in [0.1, 0.15) is 17.3 Å². The highest BCUT2D eigenvalue weighted by Crippen LogP contribution is 2.28. The molecule has 1 atom stereocenters. The third-order valence-electron chi connectivity index (χ3n) is 4.57. The molecule has 4 amide bonds. The molecule has 2 aromatic rings. The molecular formula is C18H16N6O4. The lowest BCUT2D eigenvalue weighted by atomic mass is 9.99. The number of nitrogens with one attached hydrogen (secondary N) is 3. The third kappa shape index (κ3) is 2.88. The number of amides is 4. The Morgan fingerprint density at radius 3 is 2.79 bits per heavy atom. The van der Waals surface area contributed by atoms with E-state index in [1.165, 1.54) is 18.1 Å². The minimum Gasteiger partial charge on any atom is -0.497 e. The van der Waals surface area contributed by atoms with Crippen LogP contribution in [0.15, 0.2) is 24.3 Å².